The molecule has 0 aliphatic carbocycles. The van der Waals surface area contributed by atoms with Gasteiger partial charge in [0.05, 0.1) is 12.1 Å². The SMILES string of the molecule is COc1cc(-c2cc(Cl)c(Sc3ncccc3CN)c(CNC(=O)[C@H](Cc3c(C)[nH]c4ccccc34)N(C)C(=O)[C@H](CN)NCON)c2)ccn1. The van der Waals surface area contributed by atoms with E-state index < -0.39 is 12.1 Å². The quantitative estimate of drug-likeness (QED) is 0.0640. The van der Waals surface area contributed by atoms with Gasteiger partial charge in [0.15, 0.2) is 0 Å². The van der Waals surface area contributed by atoms with Crippen LogP contribution in [0.25, 0.3) is 22.0 Å². The van der Waals surface area contributed by atoms with E-state index in [4.69, 9.17) is 33.7 Å². The van der Waals surface area contributed by atoms with Crippen LogP contribution in [-0.2, 0) is 33.9 Å². The van der Waals surface area contributed by atoms with Crippen molar-refractivity contribution < 1.29 is 19.2 Å². The van der Waals surface area contributed by atoms with Crippen LogP contribution >= 0.6 is 23.4 Å². The number of halogens is 1. The maximum absolute atomic E-state index is 14.3. The molecule has 3 aromatic heterocycles. The lowest BCUT2D eigenvalue weighted by atomic mass is 10.00. The van der Waals surface area contributed by atoms with Gasteiger partial charge < -0.3 is 31.4 Å². The number of H-pyrrole nitrogens is 1. The second-order valence-corrected chi connectivity index (χ2v) is 13.2. The fraction of sp³-hybridized carbons (Fsp3) is 0.278. The number of pyridine rings is 2. The number of fused-ring (bicyclic) bond motifs is 1. The van der Waals surface area contributed by atoms with Crippen LogP contribution in [0.5, 0.6) is 5.88 Å². The number of amides is 2. The first-order chi connectivity index (χ1) is 24.7. The molecule has 0 aliphatic heterocycles. The summed E-state index contributed by atoms with van der Waals surface area (Å²) < 4.78 is 5.35. The first-order valence-electron chi connectivity index (χ1n) is 16.2. The topological polar surface area (TPSA) is 200 Å². The lowest BCUT2D eigenvalue weighted by Crippen LogP contribution is -2.56. The molecule has 13 nitrogen and oxygen atoms in total. The molecule has 0 spiro atoms. The van der Waals surface area contributed by atoms with E-state index in [0.29, 0.717) is 27.4 Å². The number of nitrogens with zero attached hydrogens (tertiary/aromatic N) is 3. The summed E-state index contributed by atoms with van der Waals surface area (Å²) in [4.78, 5) is 47.0. The van der Waals surface area contributed by atoms with Crippen molar-refractivity contribution in [3.63, 3.8) is 0 Å². The fourth-order valence-electron chi connectivity index (χ4n) is 5.85. The summed E-state index contributed by atoms with van der Waals surface area (Å²) in [5, 5.41) is 8.12. The summed E-state index contributed by atoms with van der Waals surface area (Å²) >= 11 is 8.37. The number of hydrogen-bond donors (Lipinski definition) is 6. The average Bonchev–Trinajstić information content (AvgIpc) is 3.47. The van der Waals surface area contributed by atoms with Crippen LogP contribution in [0, 0.1) is 6.92 Å². The van der Waals surface area contributed by atoms with E-state index in [1.165, 1.54) is 16.7 Å². The average molecular weight is 732 g/mol. The Bertz CT molecular complexity index is 1990. The number of para-hydroxylation sites is 1. The van der Waals surface area contributed by atoms with E-state index in [0.717, 1.165) is 44.4 Å². The first-order valence-corrected chi connectivity index (χ1v) is 17.4. The van der Waals surface area contributed by atoms with Crippen molar-refractivity contribution >= 4 is 46.1 Å². The molecular formula is C36H42ClN9O4S. The summed E-state index contributed by atoms with van der Waals surface area (Å²) in [5.41, 5.74) is 17.9. The Morgan fingerprint density at radius 2 is 1.84 bits per heavy atom. The lowest BCUT2D eigenvalue weighted by Gasteiger charge is -2.31. The maximum atomic E-state index is 14.3. The maximum Gasteiger partial charge on any atom is 0.243 e. The molecule has 9 N–H and O–H groups in total. The Morgan fingerprint density at radius 3 is 2.59 bits per heavy atom. The van der Waals surface area contributed by atoms with Gasteiger partial charge in [-0.15, -0.1) is 0 Å². The standard InChI is InChI=1S/C36H42ClN9O4S/c1-21-27(26-8-4-5-9-29(26)45-21)16-31(46(2)36(48)30(18-39)44-20-50-40)34(47)43-19-25-13-24(22-10-12-41-32(15-22)49-3)14-28(37)33(25)51-35-23(17-38)7-6-11-42-35/h4-15,30-31,44-45H,16-20,38-40H2,1-3H3,(H,43,47)/t30-,31-/m0/s1. The molecule has 5 aromatic rings. The minimum atomic E-state index is -0.913. The van der Waals surface area contributed by atoms with E-state index in [9.17, 15) is 9.59 Å². The molecule has 2 atom stereocenters. The highest BCUT2D eigenvalue weighted by Crippen LogP contribution is 2.40. The van der Waals surface area contributed by atoms with E-state index in [2.05, 4.69) is 30.4 Å². The minimum Gasteiger partial charge on any atom is -0.481 e. The van der Waals surface area contributed by atoms with E-state index >= 15 is 0 Å². The number of carbonyl (C=O) groups is 2. The highest BCUT2D eigenvalue weighted by atomic mass is 35.5. The molecule has 0 fully saturated rings. The van der Waals surface area contributed by atoms with Crippen molar-refractivity contribution in [2.24, 2.45) is 17.4 Å². The summed E-state index contributed by atoms with van der Waals surface area (Å²) in [6, 6.07) is 17.3. The molecular weight excluding hydrogens is 690 g/mol. The third-order valence-electron chi connectivity index (χ3n) is 8.61. The Morgan fingerprint density at radius 1 is 1.04 bits per heavy atom. The largest absolute Gasteiger partial charge is 0.481 e. The number of ether oxygens (including phenoxy) is 1. The number of aromatic nitrogens is 3. The molecule has 0 saturated carbocycles. The second-order valence-electron chi connectivity index (χ2n) is 11.8. The number of carbonyl (C=O) groups excluding carboxylic acids is 2. The molecule has 2 amide bonds. The molecule has 268 valence electrons. The highest BCUT2D eigenvalue weighted by molar-refractivity contribution is 7.99. The van der Waals surface area contributed by atoms with Crippen molar-refractivity contribution in [3.05, 3.63) is 100 Å². The van der Waals surface area contributed by atoms with Crippen LogP contribution in [0.2, 0.25) is 5.02 Å². The fourth-order valence-corrected chi connectivity index (χ4v) is 7.21. The van der Waals surface area contributed by atoms with Gasteiger partial charge in [-0.1, -0.05) is 47.6 Å². The lowest BCUT2D eigenvalue weighted by molar-refractivity contribution is -0.140. The van der Waals surface area contributed by atoms with Crippen molar-refractivity contribution in [3.8, 4) is 17.0 Å². The number of aromatic amines is 1. The Labute approximate surface area is 305 Å². The zero-order chi connectivity index (χ0) is 36.5. The highest BCUT2D eigenvalue weighted by Gasteiger charge is 2.32. The third kappa shape index (κ3) is 8.86. The molecule has 51 heavy (non-hydrogen) atoms. The van der Waals surface area contributed by atoms with Crippen LogP contribution < -0.4 is 32.7 Å². The number of nitrogens with two attached hydrogens (primary N) is 3. The number of nitrogens with one attached hydrogen (secondary N) is 3. The van der Waals surface area contributed by atoms with Gasteiger partial charge in [-0.3, -0.25) is 19.7 Å². The zero-order valence-electron chi connectivity index (χ0n) is 28.6. The molecule has 0 radical (unpaired) electrons. The monoisotopic (exact) mass is 731 g/mol. The first kappa shape index (κ1) is 37.7. The Hall–Kier alpha value is -4.54. The van der Waals surface area contributed by atoms with Crippen molar-refractivity contribution in [2.75, 3.05) is 27.4 Å². The second kappa shape index (κ2) is 17.6. The molecule has 0 saturated heterocycles. The smallest absolute Gasteiger partial charge is 0.243 e. The van der Waals surface area contributed by atoms with Gasteiger partial charge in [-0.05, 0) is 65.1 Å². The summed E-state index contributed by atoms with van der Waals surface area (Å²) in [6.45, 7) is 2.21. The van der Waals surface area contributed by atoms with E-state index in [1.807, 2.05) is 67.6 Å². The van der Waals surface area contributed by atoms with Gasteiger partial charge in [0.1, 0.15) is 23.8 Å². The number of benzene rings is 2. The normalized spacial score (nSPS) is 12.5. The number of aryl methyl sites for hydroxylation is 1. The molecule has 5 rings (SSSR count). The molecule has 0 unspecified atom stereocenters. The van der Waals surface area contributed by atoms with Crippen LogP contribution in [-0.4, -0.2) is 71.2 Å². The molecule has 0 aliphatic rings. The van der Waals surface area contributed by atoms with Crippen LogP contribution in [0.15, 0.2) is 83.0 Å². The molecule has 2 aromatic carbocycles. The van der Waals surface area contributed by atoms with Crippen LogP contribution in [0.1, 0.15) is 22.4 Å². The van der Waals surface area contributed by atoms with Gasteiger partial charge in [0.25, 0.3) is 0 Å². The van der Waals surface area contributed by atoms with E-state index in [1.54, 1.807) is 26.6 Å². The van der Waals surface area contributed by atoms with Gasteiger partial charge >= 0.3 is 0 Å². The molecule has 0 bridgehead atoms. The summed E-state index contributed by atoms with van der Waals surface area (Å²) in [6.07, 6.45) is 3.59. The predicted octanol–water partition coefficient (Wildman–Crippen LogP) is 3.66. The molecule has 3 heterocycles. The number of rotatable bonds is 16. The summed E-state index contributed by atoms with van der Waals surface area (Å²) in [7, 11) is 3.14. The minimum absolute atomic E-state index is 0.0308. The number of likely N-dealkylation sites (N-methyl/N-ethyl adjacent to an activating group) is 1. The zero-order valence-corrected chi connectivity index (χ0v) is 30.2. The van der Waals surface area contributed by atoms with Gasteiger partial charge in [-0.2, -0.15) is 0 Å². The number of methoxy groups -OCH3 is 1. The van der Waals surface area contributed by atoms with Gasteiger partial charge in [0.2, 0.25) is 17.7 Å². The van der Waals surface area contributed by atoms with Crippen molar-refractivity contribution in [2.45, 2.75) is 48.4 Å². The van der Waals surface area contributed by atoms with Crippen molar-refractivity contribution in [1.29, 1.82) is 0 Å². The van der Waals surface area contributed by atoms with Crippen LogP contribution in [0.3, 0.4) is 0 Å². The Balaban J connectivity index is 1.52. The van der Waals surface area contributed by atoms with Gasteiger partial charge in [-0.25, -0.2) is 15.9 Å². The van der Waals surface area contributed by atoms with Gasteiger partial charge in [0, 0.05) is 73.1 Å². The number of hydrogen-bond acceptors (Lipinski definition) is 11. The van der Waals surface area contributed by atoms with E-state index in [-0.39, 0.29) is 38.1 Å². The Kier molecular flexibility index (Phi) is 13.0. The predicted molar refractivity (Wildman–Crippen MR) is 199 cm³/mol. The van der Waals surface area contributed by atoms with Crippen molar-refractivity contribution in [1.82, 2.24) is 30.5 Å². The third-order valence-corrected chi connectivity index (χ3v) is 10.3. The van der Waals surface area contributed by atoms with Crippen LogP contribution in [0.4, 0.5) is 0 Å². The summed E-state index contributed by atoms with van der Waals surface area (Å²) in [5.74, 6) is 4.89. The molecule has 15 heteroatoms.